The normalized spacial score (nSPS) is 18.6. The number of nitrogens with zero attached hydrogens (tertiary/aromatic N) is 2. The van der Waals surface area contributed by atoms with Crippen molar-refractivity contribution in [2.24, 2.45) is 5.92 Å². The Morgan fingerprint density at radius 1 is 0.588 bits per heavy atom. The Labute approximate surface area is 301 Å². The van der Waals surface area contributed by atoms with E-state index in [2.05, 4.69) is 173 Å². The standard InChI is InChI=1S/C49H42N2/c1-3-19-37(20-4-1)49(38-21-5-2-6-22-38)43-27-9-13-31-47(43)51(48-32-14-10-28-44(48)49)40-24-16-18-36(34-40)35-17-15-23-39(33-35)50-45-29-11-7-25-41(45)42-26-8-12-30-46(42)50/h1-5,7,9-11,13-19,21,23-25,27-29,31-34,37H,6,8,12,20,22,26,30H2. The van der Waals surface area contributed by atoms with Crippen molar-refractivity contribution >= 4 is 28.0 Å². The minimum atomic E-state index is -0.250. The Balaban J connectivity index is 1.13. The molecule has 1 aromatic heterocycles. The third kappa shape index (κ3) is 4.69. The predicted octanol–water partition coefficient (Wildman–Crippen LogP) is 12.7. The average molecular weight is 659 g/mol. The summed E-state index contributed by atoms with van der Waals surface area (Å²) in [7, 11) is 0. The molecule has 0 spiro atoms. The summed E-state index contributed by atoms with van der Waals surface area (Å²) in [5.41, 5.74) is 15.9. The Kier molecular flexibility index (Phi) is 7.30. The smallest absolute Gasteiger partial charge is 0.0534 e. The summed E-state index contributed by atoms with van der Waals surface area (Å²) in [4.78, 5) is 2.52. The quantitative estimate of drug-likeness (QED) is 0.179. The molecule has 1 aliphatic heterocycles. The van der Waals surface area contributed by atoms with E-state index >= 15 is 0 Å². The van der Waals surface area contributed by atoms with Crippen molar-refractivity contribution in [1.82, 2.24) is 4.57 Å². The van der Waals surface area contributed by atoms with Gasteiger partial charge in [0.05, 0.1) is 22.3 Å². The van der Waals surface area contributed by atoms with E-state index in [1.807, 2.05) is 0 Å². The second-order valence-electron chi connectivity index (χ2n) is 14.6. The topological polar surface area (TPSA) is 8.17 Å². The van der Waals surface area contributed by atoms with Crippen molar-refractivity contribution in [1.29, 1.82) is 0 Å². The lowest BCUT2D eigenvalue weighted by molar-refractivity contribution is 0.424. The van der Waals surface area contributed by atoms with Crippen molar-refractivity contribution in [3.05, 3.63) is 192 Å². The van der Waals surface area contributed by atoms with Crippen molar-refractivity contribution in [3.8, 4) is 16.8 Å². The molecule has 0 bridgehead atoms. The lowest BCUT2D eigenvalue weighted by atomic mass is 9.56. The molecule has 2 heteroatoms. The Morgan fingerprint density at radius 2 is 1.29 bits per heavy atom. The van der Waals surface area contributed by atoms with Gasteiger partial charge in [-0.2, -0.15) is 0 Å². The minimum absolute atomic E-state index is 0.250. The monoisotopic (exact) mass is 658 g/mol. The summed E-state index contributed by atoms with van der Waals surface area (Å²) in [6.45, 7) is 0. The summed E-state index contributed by atoms with van der Waals surface area (Å²) in [5.74, 6) is 0.328. The van der Waals surface area contributed by atoms with E-state index in [4.69, 9.17) is 0 Å². The fourth-order valence-electron chi connectivity index (χ4n) is 9.81. The van der Waals surface area contributed by atoms with Gasteiger partial charge in [-0.15, -0.1) is 0 Å². The molecule has 1 atom stereocenters. The molecule has 0 N–H and O–H groups in total. The Morgan fingerprint density at radius 3 is 2.04 bits per heavy atom. The van der Waals surface area contributed by atoms with Gasteiger partial charge in [0.2, 0.25) is 0 Å². The van der Waals surface area contributed by atoms with Gasteiger partial charge < -0.3 is 9.47 Å². The molecule has 0 fully saturated rings. The largest absolute Gasteiger partial charge is 0.313 e. The van der Waals surface area contributed by atoms with Crippen LogP contribution < -0.4 is 4.90 Å². The fraction of sp³-hybridized carbons (Fsp3) is 0.184. The first-order chi connectivity index (χ1) is 25.3. The van der Waals surface area contributed by atoms with Gasteiger partial charge in [-0.1, -0.05) is 127 Å². The highest BCUT2D eigenvalue weighted by Gasteiger charge is 2.50. The molecule has 2 nitrogen and oxygen atoms in total. The fourth-order valence-corrected chi connectivity index (χ4v) is 9.81. The van der Waals surface area contributed by atoms with Crippen molar-refractivity contribution in [2.75, 3.05) is 4.90 Å². The van der Waals surface area contributed by atoms with E-state index in [1.165, 1.54) is 86.4 Å². The average Bonchev–Trinajstić information content (AvgIpc) is 3.55. The highest BCUT2D eigenvalue weighted by molar-refractivity contribution is 5.90. The number of aryl methyl sites for hydroxylation is 1. The van der Waals surface area contributed by atoms with Crippen molar-refractivity contribution in [2.45, 2.75) is 50.4 Å². The number of benzene rings is 5. The number of hydrogen-bond acceptors (Lipinski definition) is 1. The van der Waals surface area contributed by atoms with Crippen LogP contribution in [0.4, 0.5) is 17.1 Å². The number of rotatable bonds is 5. The van der Waals surface area contributed by atoms with Crippen LogP contribution in [0.3, 0.4) is 0 Å². The van der Waals surface area contributed by atoms with Crippen molar-refractivity contribution < 1.29 is 0 Å². The second kappa shape index (κ2) is 12.3. The Hall–Kier alpha value is -5.60. The lowest BCUT2D eigenvalue weighted by Gasteiger charge is -2.51. The third-order valence-corrected chi connectivity index (χ3v) is 11.9. The van der Waals surface area contributed by atoms with E-state index in [0.29, 0.717) is 5.92 Å². The zero-order valence-electron chi connectivity index (χ0n) is 29.0. The maximum Gasteiger partial charge on any atom is 0.0534 e. The van der Waals surface area contributed by atoms with Gasteiger partial charge in [0.25, 0.3) is 0 Å². The summed E-state index contributed by atoms with van der Waals surface area (Å²) in [6.07, 6.45) is 24.3. The molecule has 4 aliphatic rings. The van der Waals surface area contributed by atoms with Gasteiger partial charge in [0.15, 0.2) is 0 Å². The van der Waals surface area contributed by atoms with E-state index in [0.717, 1.165) is 25.7 Å². The molecule has 0 radical (unpaired) electrons. The van der Waals surface area contributed by atoms with Crippen LogP contribution in [-0.2, 0) is 18.3 Å². The first-order valence-electron chi connectivity index (χ1n) is 18.8. The second-order valence-corrected chi connectivity index (χ2v) is 14.6. The van der Waals surface area contributed by atoms with Gasteiger partial charge in [-0.05, 0) is 121 Å². The number of fused-ring (bicyclic) bond motifs is 5. The minimum Gasteiger partial charge on any atom is -0.313 e. The predicted molar refractivity (Wildman–Crippen MR) is 214 cm³/mol. The number of anilines is 3. The van der Waals surface area contributed by atoms with Crippen LogP contribution in [-0.4, -0.2) is 4.57 Å². The molecule has 3 aliphatic carbocycles. The molecule has 1 unspecified atom stereocenters. The van der Waals surface area contributed by atoms with E-state index in [1.54, 1.807) is 5.56 Å². The number of aromatic nitrogens is 1. The molecule has 248 valence electrons. The molecule has 51 heavy (non-hydrogen) atoms. The van der Waals surface area contributed by atoms with Crippen molar-refractivity contribution in [3.63, 3.8) is 0 Å². The zero-order valence-corrected chi connectivity index (χ0v) is 29.0. The first-order valence-corrected chi connectivity index (χ1v) is 18.8. The van der Waals surface area contributed by atoms with E-state index in [9.17, 15) is 0 Å². The van der Waals surface area contributed by atoms with Gasteiger partial charge in [0, 0.05) is 22.5 Å². The molecular weight excluding hydrogens is 617 g/mol. The maximum absolute atomic E-state index is 2.54. The van der Waals surface area contributed by atoms with Gasteiger partial charge in [-0.25, -0.2) is 0 Å². The van der Waals surface area contributed by atoms with E-state index in [-0.39, 0.29) is 5.41 Å². The molecular formula is C49H42N2. The molecule has 10 rings (SSSR count). The lowest BCUT2D eigenvalue weighted by Crippen LogP contribution is -2.43. The molecule has 2 heterocycles. The summed E-state index contributed by atoms with van der Waals surface area (Å²) < 4.78 is 2.54. The SMILES string of the molecule is C1=CCCC(C2(C3C=CC=CC3)c3ccccc3N(c3cccc(-c4cccc(-n5c6c(c7ccccc75)CCCC6)c4)c3)c3ccccc32)=C1. The van der Waals surface area contributed by atoms with Crippen LogP contribution in [0.25, 0.3) is 27.7 Å². The van der Waals surface area contributed by atoms with Crippen LogP contribution in [0.1, 0.15) is 54.5 Å². The van der Waals surface area contributed by atoms with Crippen LogP contribution >= 0.6 is 0 Å². The number of para-hydroxylation sites is 3. The summed E-state index contributed by atoms with van der Waals surface area (Å²) in [6, 6.07) is 45.8. The van der Waals surface area contributed by atoms with Gasteiger partial charge in [0.1, 0.15) is 0 Å². The zero-order chi connectivity index (χ0) is 33.8. The highest BCUT2D eigenvalue weighted by Crippen LogP contribution is 2.60. The van der Waals surface area contributed by atoms with E-state index < -0.39 is 0 Å². The maximum atomic E-state index is 2.54. The summed E-state index contributed by atoms with van der Waals surface area (Å²) in [5, 5.41) is 1.41. The molecule has 0 saturated carbocycles. The van der Waals surface area contributed by atoms with Gasteiger partial charge in [-0.3, -0.25) is 0 Å². The van der Waals surface area contributed by atoms with Crippen LogP contribution in [0.15, 0.2) is 169 Å². The van der Waals surface area contributed by atoms with Crippen LogP contribution in [0.5, 0.6) is 0 Å². The summed E-state index contributed by atoms with van der Waals surface area (Å²) >= 11 is 0. The van der Waals surface area contributed by atoms with Crippen LogP contribution in [0.2, 0.25) is 0 Å². The number of allylic oxidation sites excluding steroid dienone is 8. The third-order valence-electron chi connectivity index (χ3n) is 11.9. The molecule has 0 amide bonds. The highest BCUT2D eigenvalue weighted by atomic mass is 15.2. The van der Waals surface area contributed by atoms with Crippen LogP contribution in [0, 0.1) is 5.92 Å². The molecule has 5 aromatic carbocycles. The number of hydrogen-bond donors (Lipinski definition) is 0. The van der Waals surface area contributed by atoms with Gasteiger partial charge >= 0.3 is 0 Å². The Bertz CT molecular complexity index is 2380. The first kappa shape index (κ1) is 30.2. The molecule has 0 saturated heterocycles. The molecule has 6 aromatic rings.